The molecule has 10 heteroatoms. The molecule has 40 heavy (non-hydrogen) atoms. The molecule has 2 aromatic rings. The summed E-state index contributed by atoms with van der Waals surface area (Å²) in [6.45, 7) is 7.48. The van der Waals surface area contributed by atoms with Crippen molar-refractivity contribution in [1.82, 2.24) is 20.9 Å². The molecule has 0 aliphatic carbocycles. The molecule has 9 nitrogen and oxygen atoms in total. The Morgan fingerprint density at radius 3 is 2.60 bits per heavy atom. The van der Waals surface area contributed by atoms with Gasteiger partial charge in [-0.05, 0) is 74.7 Å². The second-order valence-corrected chi connectivity index (χ2v) is 11.7. The summed E-state index contributed by atoms with van der Waals surface area (Å²) in [5.41, 5.74) is 2.49. The molecular formula is C30H33N5O4S. The van der Waals surface area contributed by atoms with Gasteiger partial charge in [0.05, 0.1) is 16.3 Å². The SMILES string of the molecule is C=CC(=O)N1CCC(NC(=O)C2=C3NC(=O)N(c4ccc(Oc5ccccc5)cc4C)C4CCNC(S2)C34)CC1. The molecule has 3 N–H and O–H groups in total. The molecule has 208 valence electrons. The zero-order chi connectivity index (χ0) is 27.8. The van der Waals surface area contributed by atoms with E-state index >= 15 is 0 Å². The van der Waals surface area contributed by atoms with Crippen molar-refractivity contribution in [3.8, 4) is 11.5 Å². The summed E-state index contributed by atoms with van der Waals surface area (Å²) in [6.07, 6.45) is 3.49. The molecule has 2 aromatic carbocycles. The lowest BCUT2D eigenvalue weighted by Crippen LogP contribution is -2.62. The summed E-state index contributed by atoms with van der Waals surface area (Å²) in [4.78, 5) is 43.1. The van der Waals surface area contributed by atoms with E-state index in [-0.39, 0.29) is 41.2 Å². The van der Waals surface area contributed by atoms with Crippen molar-refractivity contribution in [2.24, 2.45) is 5.92 Å². The van der Waals surface area contributed by atoms with E-state index in [9.17, 15) is 14.4 Å². The first-order valence-corrected chi connectivity index (χ1v) is 14.6. The standard InChI is InChI=1S/C30H33N5O4S/c1-3-24(36)34-15-12-19(13-16-34)32-28(37)27-26-25-23(11-14-31-29(25)40-27)35(30(38)33-26)22-10-9-21(17-18(22)2)39-20-7-5-4-6-8-20/h3-10,17,19,23,25,29,31H,1,11-16H2,2H3,(H,32,37)(H,33,38). The number of thioether (sulfide) groups is 1. The largest absolute Gasteiger partial charge is 0.457 e. The fourth-order valence-electron chi connectivity index (χ4n) is 6.11. The molecule has 4 amide bonds. The maximum Gasteiger partial charge on any atom is 0.326 e. The Hall–Kier alpha value is -3.76. The fourth-order valence-corrected chi connectivity index (χ4v) is 7.51. The normalized spacial score (nSPS) is 24.3. The van der Waals surface area contributed by atoms with E-state index in [1.54, 1.807) is 4.90 Å². The molecule has 3 unspecified atom stereocenters. The average Bonchev–Trinajstić information content (AvgIpc) is 3.34. The number of carbonyl (C=O) groups excluding carboxylic acids is 3. The van der Waals surface area contributed by atoms with Crippen LogP contribution in [0.25, 0.3) is 0 Å². The molecular weight excluding hydrogens is 526 g/mol. The van der Waals surface area contributed by atoms with Crippen LogP contribution in [-0.2, 0) is 9.59 Å². The van der Waals surface area contributed by atoms with Crippen molar-refractivity contribution in [3.63, 3.8) is 0 Å². The molecule has 3 atom stereocenters. The van der Waals surface area contributed by atoms with E-state index < -0.39 is 0 Å². The third-order valence-electron chi connectivity index (χ3n) is 8.07. The first-order valence-electron chi connectivity index (χ1n) is 13.7. The summed E-state index contributed by atoms with van der Waals surface area (Å²) >= 11 is 1.50. The lowest BCUT2D eigenvalue weighted by Gasteiger charge is -2.46. The highest BCUT2D eigenvalue weighted by atomic mass is 32.2. The number of urea groups is 1. The van der Waals surface area contributed by atoms with Gasteiger partial charge in [0.2, 0.25) is 5.91 Å². The number of aryl methyl sites for hydroxylation is 1. The summed E-state index contributed by atoms with van der Waals surface area (Å²) in [5.74, 6) is 1.21. The summed E-state index contributed by atoms with van der Waals surface area (Å²) < 4.78 is 6.00. The average molecular weight is 560 g/mol. The number of carbonyl (C=O) groups is 3. The van der Waals surface area contributed by atoms with Crippen molar-refractivity contribution in [1.29, 1.82) is 0 Å². The first-order chi connectivity index (χ1) is 19.4. The van der Waals surface area contributed by atoms with Crippen molar-refractivity contribution >= 4 is 35.3 Å². The van der Waals surface area contributed by atoms with E-state index in [2.05, 4.69) is 22.5 Å². The quantitative estimate of drug-likeness (QED) is 0.465. The monoisotopic (exact) mass is 559 g/mol. The number of para-hydroxylation sites is 1. The summed E-state index contributed by atoms with van der Waals surface area (Å²) in [5, 5.41) is 9.80. The van der Waals surface area contributed by atoms with Gasteiger partial charge in [-0.2, -0.15) is 0 Å². The Kier molecular flexibility index (Phi) is 7.29. The lowest BCUT2D eigenvalue weighted by molar-refractivity contribution is -0.127. The zero-order valence-electron chi connectivity index (χ0n) is 22.4. The van der Waals surface area contributed by atoms with Crippen molar-refractivity contribution < 1.29 is 19.1 Å². The second-order valence-electron chi connectivity index (χ2n) is 10.6. The number of hydrogen-bond donors (Lipinski definition) is 3. The van der Waals surface area contributed by atoms with Crippen LogP contribution in [-0.4, -0.2) is 59.8 Å². The van der Waals surface area contributed by atoms with Crippen LogP contribution in [0.4, 0.5) is 10.5 Å². The smallest absolute Gasteiger partial charge is 0.326 e. The predicted octanol–water partition coefficient (Wildman–Crippen LogP) is 3.87. The number of ether oxygens (including phenoxy) is 1. The van der Waals surface area contributed by atoms with Crippen molar-refractivity contribution in [3.05, 3.63) is 77.4 Å². The zero-order valence-corrected chi connectivity index (χ0v) is 23.2. The number of hydrogen-bond acceptors (Lipinski definition) is 6. The molecule has 4 heterocycles. The van der Waals surface area contributed by atoms with Crippen LogP contribution in [0.2, 0.25) is 0 Å². The Bertz CT molecular complexity index is 1370. The van der Waals surface area contributed by atoms with E-state index in [0.717, 1.165) is 30.0 Å². The number of rotatable bonds is 6. The highest BCUT2D eigenvalue weighted by Crippen LogP contribution is 2.48. The van der Waals surface area contributed by atoms with Gasteiger partial charge in [0.25, 0.3) is 5.91 Å². The molecule has 3 saturated heterocycles. The molecule has 0 spiro atoms. The first kappa shape index (κ1) is 26.5. The highest BCUT2D eigenvalue weighted by Gasteiger charge is 2.52. The maximum atomic E-state index is 13.6. The van der Waals surface area contributed by atoms with Crippen LogP contribution in [0, 0.1) is 12.8 Å². The Labute approximate surface area is 238 Å². The molecule has 4 aliphatic rings. The van der Waals surface area contributed by atoms with Gasteiger partial charge in [-0.15, -0.1) is 0 Å². The Morgan fingerprint density at radius 2 is 1.88 bits per heavy atom. The minimum atomic E-state index is -0.222. The summed E-state index contributed by atoms with van der Waals surface area (Å²) in [7, 11) is 0. The van der Waals surface area contributed by atoms with Crippen molar-refractivity contribution in [2.45, 2.75) is 43.6 Å². The van der Waals surface area contributed by atoms with E-state index in [4.69, 9.17) is 4.74 Å². The van der Waals surface area contributed by atoms with E-state index in [1.807, 2.05) is 60.4 Å². The van der Waals surface area contributed by atoms with Gasteiger partial charge in [-0.3, -0.25) is 14.5 Å². The Morgan fingerprint density at radius 1 is 1.10 bits per heavy atom. The minimum absolute atomic E-state index is 0.00523. The number of nitrogens with one attached hydrogen (secondary N) is 3. The minimum Gasteiger partial charge on any atom is -0.457 e. The number of likely N-dealkylation sites (tertiary alicyclic amines) is 1. The molecule has 0 bridgehead atoms. The number of piperidine rings is 2. The summed E-state index contributed by atoms with van der Waals surface area (Å²) in [6, 6.07) is 15.1. The molecule has 6 rings (SSSR count). The van der Waals surface area contributed by atoms with Gasteiger partial charge in [-0.25, -0.2) is 4.79 Å². The van der Waals surface area contributed by atoms with Crippen LogP contribution in [0.15, 0.2) is 71.8 Å². The van der Waals surface area contributed by atoms with Crippen LogP contribution in [0.5, 0.6) is 11.5 Å². The number of anilines is 1. The molecule has 0 aromatic heterocycles. The third-order valence-corrected chi connectivity index (χ3v) is 9.43. The number of nitrogens with zero attached hydrogens (tertiary/aromatic N) is 2. The van der Waals surface area contributed by atoms with Crippen LogP contribution >= 0.6 is 11.8 Å². The molecule has 4 aliphatic heterocycles. The van der Waals surface area contributed by atoms with Crippen LogP contribution in [0.1, 0.15) is 24.8 Å². The van der Waals surface area contributed by atoms with Gasteiger partial charge in [-0.1, -0.05) is 36.5 Å². The van der Waals surface area contributed by atoms with Gasteiger partial charge in [0, 0.05) is 36.4 Å². The lowest BCUT2D eigenvalue weighted by atomic mass is 9.86. The highest BCUT2D eigenvalue weighted by molar-refractivity contribution is 8.04. The van der Waals surface area contributed by atoms with Gasteiger partial charge < -0.3 is 25.6 Å². The van der Waals surface area contributed by atoms with Gasteiger partial charge in [0.1, 0.15) is 11.5 Å². The van der Waals surface area contributed by atoms with E-state index in [1.165, 1.54) is 17.8 Å². The number of amides is 4. The number of benzene rings is 2. The predicted molar refractivity (Wildman–Crippen MR) is 155 cm³/mol. The van der Waals surface area contributed by atoms with Crippen LogP contribution < -0.4 is 25.6 Å². The second kappa shape index (κ2) is 11.0. The molecule has 3 fully saturated rings. The van der Waals surface area contributed by atoms with E-state index in [0.29, 0.717) is 42.3 Å². The molecule has 0 saturated carbocycles. The van der Waals surface area contributed by atoms with Crippen LogP contribution in [0.3, 0.4) is 0 Å². The topological polar surface area (TPSA) is 103 Å². The third kappa shape index (κ3) is 4.97. The Balaban J connectivity index is 1.19. The fraction of sp³-hybridized carbons (Fsp3) is 0.367. The van der Waals surface area contributed by atoms with Gasteiger partial charge in [0.15, 0.2) is 0 Å². The maximum absolute atomic E-state index is 13.6. The van der Waals surface area contributed by atoms with Gasteiger partial charge >= 0.3 is 6.03 Å². The van der Waals surface area contributed by atoms with Crippen molar-refractivity contribution in [2.75, 3.05) is 24.5 Å². The molecule has 0 radical (unpaired) electrons.